The Labute approximate surface area is 189 Å². The summed E-state index contributed by atoms with van der Waals surface area (Å²) in [6, 6.07) is 8.13. The van der Waals surface area contributed by atoms with Crippen LogP contribution in [-0.4, -0.2) is 49.8 Å². The first-order valence-electron chi connectivity index (χ1n) is 10.3. The zero-order valence-corrected chi connectivity index (χ0v) is 18.8. The molecule has 2 aliphatic heterocycles. The third-order valence-electron chi connectivity index (χ3n) is 6.20. The summed E-state index contributed by atoms with van der Waals surface area (Å²) in [5, 5.41) is 0. The maximum Gasteiger partial charge on any atom is 0.285 e. The number of ketones is 2. The third kappa shape index (κ3) is 4.75. The van der Waals surface area contributed by atoms with Gasteiger partial charge in [0.25, 0.3) is 5.92 Å². The summed E-state index contributed by atoms with van der Waals surface area (Å²) in [6.45, 7) is 0.848. The Morgan fingerprint density at radius 2 is 2.06 bits per heavy atom. The van der Waals surface area contributed by atoms with Crippen molar-refractivity contribution in [2.24, 2.45) is 5.41 Å². The third-order valence-corrected chi connectivity index (χ3v) is 7.47. The second kappa shape index (κ2) is 8.70. The number of thiophene rings is 1. The number of hydrogen-bond donors (Lipinski definition) is 0. The first-order chi connectivity index (χ1) is 14.7. The zero-order chi connectivity index (χ0) is 22.2. The molecule has 166 valence electrons. The number of alkyl halides is 2. The molecule has 2 aromatic rings. The lowest BCUT2D eigenvalue weighted by Gasteiger charge is -2.25. The molecule has 1 fully saturated rings. The van der Waals surface area contributed by atoms with Crippen molar-refractivity contribution in [2.75, 3.05) is 33.4 Å². The van der Waals surface area contributed by atoms with Gasteiger partial charge in [-0.25, -0.2) is 0 Å². The van der Waals surface area contributed by atoms with Gasteiger partial charge in [0, 0.05) is 31.6 Å². The summed E-state index contributed by atoms with van der Waals surface area (Å²) in [4.78, 5) is 28.2. The van der Waals surface area contributed by atoms with Crippen molar-refractivity contribution < 1.29 is 23.1 Å². The van der Waals surface area contributed by atoms with E-state index in [0.717, 1.165) is 0 Å². The maximum atomic E-state index is 14.5. The molecule has 3 heterocycles. The molecule has 0 amide bonds. The van der Waals surface area contributed by atoms with E-state index < -0.39 is 11.3 Å². The van der Waals surface area contributed by atoms with Gasteiger partial charge in [0.2, 0.25) is 0 Å². The second-order valence-corrected chi connectivity index (χ2v) is 10.3. The molecule has 1 aromatic carbocycles. The molecule has 8 heteroatoms. The molecule has 0 spiro atoms. The fourth-order valence-corrected chi connectivity index (χ4v) is 5.41. The van der Waals surface area contributed by atoms with E-state index in [1.165, 1.54) is 17.4 Å². The summed E-state index contributed by atoms with van der Waals surface area (Å²) in [5.41, 5.74) is 0.434. The summed E-state index contributed by atoms with van der Waals surface area (Å²) in [6.07, 6.45) is 1.15. The highest BCUT2D eigenvalue weighted by molar-refractivity contribution is 7.18. The molecule has 31 heavy (non-hydrogen) atoms. The summed E-state index contributed by atoms with van der Waals surface area (Å²) >= 11 is 7.14. The highest BCUT2D eigenvalue weighted by Crippen LogP contribution is 2.38. The van der Waals surface area contributed by atoms with Crippen LogP contribution in [0, 0.1) is 5.41 Å². The first kappa shape index (κ1) is 22.5. The first-order valence-corrected chi connectivity index (χ1v) is 11.5. The average molecular weight is 468 g/mol. The minimum atomic E-state index is -2.92. The van der Waals surface area contributed by atoms with E-state index in [4.69, 9.17) is 16.3 Å². The van der Waals surface area contributed by atoms with Crippen molar-refractivity contribution in [1.29, 1.82) is 0 Å². The van der Waals surface area contributed by atoms with Crippen LogP contribution < -0.4 is 0 Å². The predicted molar refractivity (Wildman–Crippen MR) is 116 cm³/mol. The number of fused-ring (bicyclic) bond motifs is 1. The Morgan fingerprint density at radius 3 is 2.74 bits per heavy atom. The molecule has 1 saturated heterocycles. The van der Waals surface area contributed by atoms with Crippen molar-refractivity contribution in [3.05, 3.63) is 56.2 Å². The molecule has 4 nitrogen and oxygen atoms in total. The van der Waals surface area contributed by atoms with Crippen LogP contribution in [0.2, 0.25) is 4.34 Å². The standard InChI is InChI=1S/C23H24ClF2NO3S/c1-27-8-6-16-10-15(2-3-17(16)23(25,26)13-27)11-20(29)22(7-9-30-14-22)12-18(28)19-4-5-21(24)31-19/h2-5,10H,6-9,11-14H2,1H3. The van der Waals surface area contributed by atoms with Gasteiger partial charge in [-0.15, -0.1) is 11.3 Å². The van der Waals surface area contributed by atoms with Crippen molar-refractivity contribution in [1.82, 2.24) is 4.90 Å². The van der Waals surface area contributed by atoms with Gasteiger partial charge in [0.05, 0.1) is 27.8 Å². The summed E-state index contributed by atoms with van der Waals surface area (Å²) in [7, 11) is 1.69. The molecule has 0 aliphatic carbocycles. The number of ether oxygens (including phenoxy) is 1. The van der Waals surface area contributed by atoms with Crippen LogP contribution in [0.3, 0.4) is 0 Å². The predicted octanol–water partition coefficient (Wildman–Crippen LogP) is 4.77. The molecule has 4 rings (SSSR count). The fourth-order valence-electron chi connectivity index (χ4n) is 4.43. The van der Waals surface area contributed by atoms with Gasteiger partial charge in [-0.05, 0) is 43.1 Å². The van der Waals surface area contributed by atoms with Crippen molar-refractivity contribution in [3.63, 3.8) is 0 Å². The number of Topliss-reactive ketones (excluding diaryl/α,β-unsaturated/α-hetero) is 2. The van der Waals surface area contributed by atoms with Crippen LogP contribution in [0.15, 0.2) is 30.3 Å². The average Bonchev–Trinajstić information content (AvgIpc) is 3.33. The van der Waals surface area contributed by atoms with E-state index >= 15 is 0 Å². The number of halogens is 3. The lowest BCUT2D eigenvalue weighted by molar-refractivity contribution is -0.128. The van der Waals surface area contributed by atoms with Crippen LogP contribution in [0.1, 0.15) is 39.2 Å². The smallest absolute Gasteiger partial charge is 0.285 e. The normalized spacial score (nSPS) is 23.4. The lowest BCUT2D eigenvalue weighted by atomic mass is 9.76. The molecule has 0 saturated carbocycles. The van der Waals surface area contributed by atoms with Gasteiger partial charge < -0.3 is 4.74 Å². The fraction of sp³-hybridized carbons (Fsp3) is 0.478. The van der Waals surface area contributed by atoms with Crippen LogP contribution in [0.5, 0.6) is 0 Å². The van der Waals surface area contributed by atoms with E-state index in [1.54, 1.807) is 36.2 Å². The number of nitrogens with zero attached hydrogens (tertiary/aromatic N) is 1. The molecule has 1 atom stereocenters. The number of hydrogen-bond acceptors (Lipinski definition) is 5. The van der Waals surface area contributed by atoms with E-state index in [1.807, 2.05) is 0 Å². The Morgan fingerprint density at radius 1 is 1.26 bits per heavy atom. The molecule has 2 aliphatic rings. The number of rotatable bonds is 6. The van der Waals surface area contributed by atoms with Crippen LogP contribution in [-0.2, 0) is 28.3 Å². The molecule has 0 N–H and O–H groups in total. The molecule has 1 aromatic heterocycles. The largest absolute Gasteiger partial charge is 0.380 e. The number of benzene rings is 1. The molecule has 1 unspecified atom stereocenters. The Bertz CT molecular complexity index is 1000. The second-order valence-electron chi connectivity index (χ2n) is 8.57. The quantitative estimate of drug-likeness (QED) is 0.574. The van der Waals surface area contributed by atoms with Crippen LogP contribution in [0.4, 0.5) is 8.78 Å². The molecular formula is C23H24ClF2NO3S. The Balaban J connectivity index is 1.54. The number of likely N-dealkylation sites (N-methyl/N-ethyl adjacent to an activating group) is 1. The Kier molecular flexibility index (Phi) is 6.32. The molecule has 0 bridgehead atoms. The van der Waals surface area contributed by atoms with Crippen LogP contribution in [0.25, 0.3) is 0 Å². The minimum absolute atomic E-state index is 0.0386. The van der Waals surface area contributed by atoms with Gasteiger partial charge >= 0.3 is 0 Å². The van der Waals surface area contributed by atoms with Crippen LogP contribution >= 0.6 is 22.9 Å². The van der Waals surface area contributed by atoms with E-state index in [2.05, 4.69) is 0 Å². The lowest BCUT2D eigenvalue weighted by Crippen LogP contribution is -2.35. The van der Waals surface area contributed by atoms with Gasteiger partial charge in [-0.1, -0.05) is 29.8 Å². The van der Waals surface area contributed by atoms with Crippen molar-refractivity contribution >= 4 is 34.5 Å². The van der Waals surface area contributed by atoms with Gasteiger partial charge in [-0.2, -0.15) is 8.78 Å². The number of carbonyl (C=O) groups excluding carboxylic acids is 2. The molecule has 0 radical (unpaired) electrons. The monoisotopic (exact) mass is 467 g/mol. The molecular weight excluding hydrogens is 444 g/mol. The SMILES string of the molecule is CN1CCc2cc(CC(=O)C3(CC(=O)c4ccc(Cl)s4)CCOC3)ccc2C(F)(F)C1. The highest BCUT2D eigenvalue weighted by atomic mass is 35.5. The topological polar surface area (TPSA) is 46.6 Å². The van der Waals surface area contributed by atoms with Gasteiger partial charge in [0.15, 0.2) is 5.78 Å². The number of carbonyl (C=O) groups is 2. The Hall–Kier alpha value is -1.67. The summed E-state index contributed by atoms with van der Waals surface area (Å²) < 4.78 is 35.1. The zero-order valence-electron chi connectivity index (χ0n) is 17.3. The van der Waals surface area contributed by atoms with Crippen molar-refractivity contribution in [3.8, 4) is 0 Å². The van der Waals surface area contributed by atoms with E-state index in [0.29, 0.717) is 46.3 Å². The van der Waals surface area contributed by atoms with Gasteiger partial charge in [-0.3, -0.25) is 14.5 Å². The highest BCUT2D eigenvalue weighted by Gasteiger charge is 2.44. The maximum absolute atomic E-state index is 14.5. The van der Waals surface area contributed by atoms with Crippen molar-refractivity contribution in [2.45, 2.75) is 31.6 Å². The van der Waals surface area contributed by atoms with E-state index in [-0.39, 0.29) is 43.1 Å². The van der Waals surface area contributed by atoms with Gasteiger partial charge in [0.1, 0.15) is 5.78 Å². The van der Waals surface area contributed by atoms with E-state index in [9.17, 15) is 18.4 Å². The summed E-state index contributed by atoms with van der Waals surface area (Å²) in [5.74, 6) is -3.13. The minimum Gasteiger partial charge on any atom is -0.380 e.